The van der Waals surface area contributed by atoms with Crippen LogP contribution in [0.2, 0.25) is 5.02 Å². The fourth-order valence-electron chi connectivity index (χ4n) is 2.48. The van der Waals surface area contributed by atoms with Crippen LogP contribution in [0.5, 0.6) is 0 Å². The summed E-state index contributed by atoms with van der Waals surface area (Å²) in [4.78, 5) is 13.9. The summed E-state index contributed by atoms with van der Waals surface area (Å²) >= 11 is 6.13. The molecule has 0 saturated carbocycles. The summed E-state index contributed by atoms with van der Waals surface area (Å²) in [7, 11) is 1.63. The third-order valence-electron chi connectivity index (χ3n) is 3.80. The lowest BCUT2D eigenvalue weighted by Crippen LogP contribution is -2.43. The molecule has 1 aliphatic rings. The van der Waals surface area contributed by atoms with E-state index in [0.29, 0.717) is 17.4 Å². The summed E-state index contributed by atoms with van der Waals surface area (Å²) < 4.78 is 10.8. The Balaban J connectivity index is 1.81. The van der Waals surface area contributed by atoms with Crippen molar-refractivity contribution in [3.8, 4) is 11.3 Å². The monoisotopic (exact) mass is 321 g/mol. The van der Waals surface area contributed by atoms with Crippen molar-refractivity contribution in [2.45, 2.75) is 12.1 Å². The Labute approximate surface area is 133 Å². The van der Waals surface area contributed by atoms with Gasteiger partial charge < -0.3 is 19.2 Å². The number of likely N-dealkylation sites (N-methyl/N-ethyl adjacent to an activating group) is 1. The van der Waals surface area contributed by atoms with Crippen LogP contribution in [0.25, 0.3) is 11.3 Å². The second kappa shape index (κ2) is 6.12. The lowest BCUT2D eigenvalue weighted by Gasteiger charge is -2.24. The highest BCUT2D eigenvalue weighted by Gasteiger charge is 2.33. The predicted octanol–water partition coefficient (Wildman–Crippen LogP) is 2.43. The van der Waals surface area contributed by atoms with Gasteiger partial charge >= 0.3 is 0 Å². The highest BCUT2D eigenvalue weighted by atomic mass is 35.5. The molecule has 6 heteroatoms. The zero-order valence-electron chi connectivity index (χ0n) is 12.0. The molecular weight excluding hydrogens is 306 g/mol. The van der Waals surface area contributed by atoms with Crippen LogP contribution in [0.1, 0.15) is 10.6 Å². The summed E-state index contributed by atoms with van der Waals surface area (Å²) in [5, 5.41) is 10.4. The quantitative estimate of drug-likeness (QED) is 0.943. The van der Waals surface area contributed by atoms with Gasteiger partial charge in [0.05, 0.1) is 30.4 Å². The minimum atomic E-state index is -0.674. The van der Waals surface area contributed by atoms with E-state index in [1.807, 2.05) is 18.2 Å². The lowest BCUT2D eigenvalue weighted by atomic mass is 10.2. The normalized spacial score (nSPS) is 21.0. The minimum Gasteiger partial charge on any atom is -0.451 e. The predicted molar refractivity (Wildman–Crippen MR) is 81.9 cm³/mol. The molecule has 0 bridgehead atoms. The molecule has 2 heterocycles. The van der Waals surface area contributed by atoms with E-state index in [-0.39, 0.29) is 24.3 Å². The highest BCUT2D eigenvalue weighted by molar-refractivity contribution is 6.33. The van der Waals surface area contributed by atoms with Gasteiger partial charge in [0, 0.05) is 12.6 Å². The number of carbonyl (C=O) groups excluding carboxylic acids is 1. The molecule has 1 N–H and O–H groups in total. The van der Waals surface area contributed by atoms with Gasteiger partial charge in [-0.3, -0.25) is 4.79 Å². The zero-order chi connectivity index (χ0) is 15.7. The van der Waals surface area contributed by atoms with Gasteiger partial charge in [-0.1, -0.05) is 23.7 Å². The third kappa shape index (κ3) is 2.75. The molecule has 0 aliphatic carbocycles. The molecule has 2 atom stereocenters. The van der Waals surface area contributed by atoms with Crippen LogP contribution in [0.3, 0.4) is 0 Å². The van der Waals surface area contributed by atoms with Crippen LogP contribution >= 0.6 is 11.6 Å². The van der Waals surface area contributed by atoms with E-state index in [2.05, 4.69) is 0 Å². The summed E-state index contributed by atoms with van der Waals surface area (Å²) in [6, 6.07) is 10.2. The SMILES string of the molecule is CN(C(=O)c1ccc(-c2ccccc2Cl)o1)[C@H]1COC[C@@H]1O. The number of hydrogen-bond acceptors (Lipinski definition) is 4. The van der Waals surface area contributed by atoms with E-state index in [0.717, 1.165) is 5.56 Å². The summed E-state index contributed by atoms with van der Waals surface area (Å²) in [6.07, 6.45) is -0.674. The fraction of sp³-hybridized carbons (Fsp3) is 0.312. The molecule has 2 aromatic rings. The molecule has 1 amide bonds. The molecule has 0 unspecified atom stereocenters. The van der Waals surface area contributed by atoms with Crippen LogP contribution in [-0.2, 0) is 4.74 Å². The van der Waals surface area contributed by atoms with Gasteiger partial charge in [0.2, 0.25) is 0 Å². The maximum atomic E-state index is 12.4. The van der Waals surface area contributed by atoms with Crippen LogP contribution in [0.15, 0.2) is 40.8 Å². The molecule has 1 aromatic carbocycles. The van der Waals surface area contributed by atoms with Crippen molar-refractivity contribution >= 4 is 17.5 Å². The molecular formula is C16H16ClNO4. The molecule has 0 radical (unpaired) electrons. The van der Waals surface area contributed by atoms with Gasteiger partial charge in [0.1, 0.15) is 5.76 Å². The number of furan rings is 1. The molecule has 1 fully saturated rings. The Morgan fingerprint density at radius 2 is 2.05 bits per heavy atom. The number of aliphatic hydroxyl groups excluding tert-OH is 1. The molecule has 22 heavy (non-hydrogen) atoms. The standard InChI is InChI=1S/C16H16ClNO4/c1-18(12-8-21-9-13(12)19)16(20)15-7-6-14(22-15)10-4-2-3-5-11(10)17/h2-7,12-13,19H,8-9H2,1H3/t12-,13-/m0/s1. The maximum Gasteiger partial charge on any atom is 0.289 e. The Bertz CT molecular complexity index is 684. The van der Waals surface area contributed by atoms with Crippen LogP contribution in [0, 0.1) is 0 Å². The third-order valence-corrected chi connectivity index (χ3v) is 4.12. The maximum absolute atomic E-state index is 12.4. The topological polar surface area (TPSA) is 62.9 Å². The van der Waals surface area contributed by atoms with E-state index in [1.165, 1.54) is 4.90 Å². The fourth-order valence-corrected chi connectivity index (χ4v) is 2.71. The van der Waals surface area contributed by atoms with Crippen molar-refractivity contribution in [1.29, 1.82) is 0 Å². The first-order chi connectivity index (χ1) is 10.6. The van der Waals surface area contributed by atoms with E-state index >= 15 is 0 Å². The largest absolute Gasteiger partial charge is 0.451 e. The Morgan fingerprint density at radius 3 is 2.73 bits per heavy atom. The van der Waals surface area contributed by atoms with Crippen molar-refractivity contribution in [2.75, 3.05) is 20.3 Å². The first-order valence-corrected chi connectivity index (χ1v) is 7.33. The smallest absolute Gasteiger partial charge is 0.289 e. The average Bonchev–Trinajstić information content (AvgIpc) is 3.15. The number of benzene rings is 1. The number of nitrogens with zero attached hydrogens (tertiary/aromatic N) is 1. The molecule has 0 spiro atoms. The van der Waals surface area contributed by atoms with E-state index in [1.54, 1.807) is 25.2 Å². The summed E-state index contributed by atoms with van der Waals surface area (Å²) in [5.74, 6) is 0.440. The number of amides is 1. The van der Waals surface area contributed by atoms with Crippen LogP contribution in [0.4, 0.5) is 0 Å². The second-order valence-corrected chi connectivity index (χ2v) is 5.64. The zero-order valence-corrected chi connectivity index (χ0v) is 12.8. The first kappa shape index (κ1) is 15.1. The van der Waals surface area contributed by atoms with Crippen molar-refractivity contribution in [1.82, 2.24) is 4.90 Å². The van der Waals surface area contributed by atoms with Crippen molar-refractivity contribution in [2.24, 2.45) is 0 Å². The number of ether oxygens (including phenoxy) is 1. The van der Waals surface area contributed by atoms with E-state index < -0.39 is 6.10 Å². The Morgan fingerprint density at radius 1 is 1.27 bits per heavy atom. The van der Waals surface area contributed by atoms with Crippen molar-refractivity contribution in [3.05, 3.63) is 47.2 Å². The molecule has 3 rings (SSSR count). The van der Waals surface area contributed by atoms with Gasteiger partial charge in [-0.15, -0.1) is 0 Å². The van der Waals surface area contributed by atoms with Crippen molar-refractivity contribution < 1.29 is 19.1 Å². The molecule has 1 saturated heterocycles. The number of aliphatic hydroxyl groups is 1. The average molecular weight is 322 g/mol. The Kier molecular flexibility index (Phi) is 4.20. The summed E-state index contributed by atoms with van der Waals surface area (Å²) in [5.41, 5.74) is 0.732. The van der Waals surface area contributed by atoms with Gasteiger partial charge in [0.25, 0.3) is 5.91 Å². The van der Waals surface area contributed by atoms with Crippen LogP contribution in [-0.4, -0.2) is 48.3 Å². The van der Waals surface area contributed by atoms with Gasteiger partial charge in [0.15, 0.2) is 5.76 Å². The van der Waals surface area contributed by atoms with Crippen molar-refractivity contribution in [3.63, 3.8) is 0 Å². The second-order valence-electron chi connectivity index (χ2n) is 5.23. The van der Waals surface area contributed by atoms with Gasteiger partial charge in [-0.2, -0.15) is 0 Å². The molecule has 116 valence electrons. The number of carbonyl (C=O) groups is 1. The number of hydrogen-bond donors (Lipinski definition) is 1. The Hall–Kier alpha value is -1.82. The number of rotatable bonds is 3. The lowest BCUT2D eigenvalue weighted by molar-refractivity contribution is 0.0553. The number of halogens is 1. The highest BCUT2D eigenvalue weighted by Crippen LogP contribution is 2.29. The molecule has 1 aromatic heterocycles. The molecule has 1 aliphatic heterocycles. The van der Waals surface area contributed by atoms with E-state index in [9.17, 15) is 9.90 Å². The minimum absolute atomic E-state index is 0.205. The summed E-state index contributed by atoms with van der Waals surface area (Å²) in [6.45, 7) is 0.562. The molecule has 5 nitrogen and oxygen atoms in total. The van der Waals surface area contributed by atoms with E-state index in [4.69, 9.17) is 20.8 Å². The van der Waals surface area contributed by atoms with Crippen LogP contribution < -0.4 is 0 Å². The van der Waals surface area contributed by atoms with Gasteiger partial charge in [-0.25, -0.2) is 0 Å². The first-order valence-electron chi connectivity index (χ1n) is 6.95. The van der Waals surface area contributed by atoms with Gasteiger partial charge in [-0.05, 0) is 24.3 Å².